The first kappa shape index (κ1) is 8.08. The fraction of sp³-hybridized carbons (Fsp3) is 0.333. The summed E-state index contributed by atoms with van der Waals surface area (Å²) in [5, 5.41) is 10.3. The second kappa shape index (κ2) is 2.93. The van der Waals surface area contributed by atoms with Crippen molar-refractivity contribution in [1.82, 2.24) is 0 Å². The van der Waals surface area contributed by atoms with E-state index in [1.807, 2.05) is 32.0 Å². The van der Waals surface area contributed by atoms with Crippen molar-refractivity contribution in [2.75, 3.05) is 12.1 Å². The van der Waals surface area contributed by atoms with Crippen LogP contribution in [0.2, 0.25) is 0 Å². The maximum atomic E-state index is 9.13. The first-order valence-electron chi connectivity index (χ1n) is 3.61. The molecule has 0 aromatic heterocycles. The monoisotopic (exact) mass is 151 g/mol. The van der Waals surface area contributed by atoms with Crippen LogP contribution in [0.4, 0.5) is 5.69 Å². The highest BCUT2D eigenvalue weighted by Crippen LogP contribution is 2.17. The second-order valence-corrected chi connectivity index (χ2v) is 2.81. The van der Waals surface area contributed by atoms with Gasteiger partial charge in [-0.2, -0.15) is 0 Å². The van der Waals surface area contributed by atoms with Gasteiger partial charge in [-0.25, -0.2) is 0 Å². The van der Waals surface area contributed by atoms with E-state index >= 15 is 0 Å². The largest absolute Gasteiger partial charge is 0.289 e. The van der Waals surface area contributed by atoms with E-state index < -0.39 is 0 Å². The zero-order valence-corrected chi connectivity index (χ0v) is 7.13. The first-order valence-corrected chi connectivity index (χ1v) is 3.61. The van der Waals surface area contributed by atoms with Gasteiger partial charge in [-0.1, -0.05) is 17.7 Å². The molecule has 0 heterocycles. The SMILES string of the molecule is Cc1ccc(N(C)O)c(C)c1. The van der Waals surface area contributed by atoms with Crippen LogP contribution in [0.25, 0.3) is 0 Å². The van der Waals surface area contributed by atoms with Crippen molar-refractivity contribution in [3.63, 3.8) is 0 Å². The minimum Gasteiger partial charge on any atom is -0.289 e. The van der Waals surface area contributed by atoms with Crippen LogP contribution in [-0.4, -0.2) is 12.3 Å². The van der Waals surface area contributed by atoms with Crippen LogP contribution < -0.4 is 5.06 Å². The second-order valence-electron chi connectivity index (χ2n) is 2.81. The standard InChI is InChI=1S/C9H13NO/c1-7-4-5-9(10(3)11)8(2)6-7/h4-6,11H,1-3H3. The highest BCUT2D eigenvalue weighted by Gasteiger charge is 1.99. The summed E-state index contributed by atoms with van der Waals surface area (Å²) in [7, 11) is 1.62. The molecule has 0 atom stereocenters. The van der Waals surface area contributed by atoms with Gasteiger partial charge >= 0.3 is 0 Å². The van der Waals surface area contributed by atoms with Crippen molar-refractivity contribution in [1.29, 1.82) is 0 Å². The van der Waals surface area contributed by atoms with Gasteiger partial charge in [0.25, 0.3) is 0 Å². The maximum Gasteiger partial charge on any atom is 0.0660 e. The Morgan fingerprint density at radius 2 is 1.91 bits per heavy atom. The molecule has 0 aliphatic carbocycles. The molecule has 1 aromatic carbocycles. The van der Waals surface area contributed by atoms with Crippen LogP contribution in [0.15, 0.2) is 18.2 Å². The molecule has 0 saturated carbocycles. The Labute approximate surface area is 67.0 Å². The third kappa shape index (κ3) is 1.71. The maximum absolute atomic E-state index is 9.13. The highest BCUT2D eigenvalue weighted by atomic mass is 16.5. The Kier molecular flexibility index (Phi) is 2.15. The van der Waals surface area contributed by atoms with Crippen molar-refractivity contribution in [3.05, 3.63) is 29.3 Å². The number of hydrogen-bond donors (Lipinski definition) is 1. The molecule has 0 unspecified atom stereocenters. The third-order valence-electron chi connectivity index (χ3n) is 1.70. The summed E-state index contributed by atoms with van der Waals surface area (Å²) in [6, 6.07) is 5.93. The molecule has 0 spiro atoms. The van der Waals surface area contributed by atoms with E-state index in [1.54, 1.807) is 7.05 Å². The quantitative estimate of drug-likeness (QED) is 0.621. The van der Waals surface area contributed by atoms with Crippen LogP contribution in [0.5, 0.6) is 0 Å². The molecule has 0 amide bonds. The molecule has 11 heavy (non-hydrogen) atoms. The van der Waals surface area contributed by atoms with Gasteiger partial charge in [0, 0.05) is 7.05 Å². The average Bonchev–Trinajstić information content (AvgIpc) is 1.85. The van der Waals surface area contributed by atoms with Crippen molar-refractivity contribution in [2.45, 2.75) is 13.8 Å². The van der Waals surface area contributed by atoms with Gasteiger partial charge in [0.1, 0.15) is 0 Å². The average molecular weight is 151 g/mol. The zero-order valence-electron chi connectivity index (χ0n) is 7.13. The van der Waals surface area contributed by atoms with Crippen molar-refractivity contribution >= 4 is 5.69 Å². The molecule has 2 heteroatoms. The molecule has 0 saturated heterocycles. The highest BCUT2D eigenvalue weighted by molar-refractivity contribution is 5.51. The molecule has 0 bridgehead atoms. The lowest BCUT2D eigenvalue weighted by atomic mass is 10.1. The normalized spacial score (nSPS) is 9.82. The molecule has 0 aliphatic rings. The van der Waals surface area contributed by atoms with E-state index in [-0.39, 0.29) is 0 Å². The number of aryl methyl sites for hydroxylation is 2. The smallest absolute Gasteiger partial charge is 0.0660 e. The molecule has 0 fully saturated rings. The van der Waals surface area contributed by atoms with E-state index in [2.05, 4.69) is 0 Å². The summed E-state index contributed by atoms with van der Waals surface area (Å²) in [6.45, 7) is 4.02. The fourth-order valence-electron chi connectivity index (χ4n) is 1.17. The molecular formula is C9H13NO. The van der Waals surface area contributed by atoms with Gasteiger partial charge < -0.3 is 0 Å². The Bertz CT molecular complexity index is 256. The number of anilines is 1. The lowest BCUT2D eigenvalue weighted by molar-refractivity contribution is 0.279. The number of hydrogen-bond acceptors (Lipinski definition) is 2. The summed E-state index contributed by atoms with van der Waals surface area (Å²) >= 11 is 0. The number of nitrogens with zero attached hydrogens (tertiary/aromatic N) is 1. The molecule has 0 radical (unpaired) electrons. The summed E-state index contributed by atoms with van der Waals surface area (Å²) < 4.78 is 0. The van der Waals surface area contributed by atoms with E-state index in [0.717, 1.165) is 16.3 Å². The molecule has 0 aliphatic heterocycles. The van der Waals surface area contributed by atoms with E-state index in [4.69, 9.17) is 5.21 Å². The van der Waals surface area contributed by atoms with Gasteiger partial charge in [0.15, 0.2) is 0 Å². The number of hydroxylamine groups is 1. The topological polar surface area (TPSA) is 23.5 Å². The molecule has 2 nitrogen and oxygen atoms in total. The van der Waals surface area contributed by atoms with Crippen molar-refractivity contribution in [3.8, 4) is 0 Å². The minimum atomic E-state index is 0.857. The Morgan fingerprint density at radius 3 is 2.36 bits per heavy atom. The van der Waals surface area contributed by atoms with E-state index in [1.165, 1.54) is 5.56 Å². The van der Waals surface area contributed by atoms with Gasteiger partial charge in [0.05, 0.1) is 5.69 Å². The van der Waals surface area contributed by atoms with Crippen molar-refractivity contribution < 1.29 is 5.21 Å². The van der Waals surface area contributed by atoms with Crippen LogP contribution in [0.3, 0.4) is 0 Å². The molecule has 1 aromatic rings. The fourth-order valence-corrected chi connectivity index (χ4v) is 1.17. The molecular weight excluding hydrogens is 138 g/mol. The minimum absolute atomic E-state index is 0.857. The predicted molar refractivity (Wildman–Crippen MR) is 46.1 cm³/mol. The van der Waals surface area contributed by atoms with E-state index in [0.29, 0.717) is 0 Å². The van der Waals surface area contributed by atoms with Gasteiger partial charge in [-0.3, -0.25) is 10.3 Å². The van der Waals surface area contributed by atoms with Crippen LogP contribution in [0, 0.1) is 13.8 Å². The van der Waals surface area contributed by atoms with Gasteiger partial charge in [-0.15, -0.1) is 0 Å². The Morgan fingerprint density at radius 1 is 1.27 bits per heavy atom. The summed E-state index contributed by atoms with van der Waals surface area (Å²) in [5.74, 6) is 0. The molecule has 1 rings (SSSR count). The van der Waals surface area contributed by atoms with Crippen LogP contribution in [0.1, 0.15) is 11.1 Å². The third-order valence-corrected chi connectivity index (χ3v) is 1.70. The zero-order chi connectivity index (χ0) is 8.43. The summed E-state index contributed by atoms with van der Waals surface area (Å²) in [5.41, 5.74) is 3.17. The van der Waals surface area contributed by atoms with E-state index in [9.17, 15) is 0 Å². The summed E-state index contributed by atoms with van der Waals surface area (Å²) in [4.78, 5) is 0. The first-order chi connectivity index (χ1) is 5.11. The van der Waals surface area contributed by atoms with Crippen molar-refractivity contribution in [2.24, 2.45) is 0 Å². The Hall–Kier alpha value is -1.02. The van der Waals surface area contributed by atoms with Crippen LogP contribution in [-0.2, 0) is 0 Å². The van der Waals surface area contributed by atoms with Crippen LogP contribution >= 0.6 is 0 Å². The number of rotatable bonds is 1. The number of benzene rings is 1. The summed E-state index contributed by atoms with van der Waals surface area (Å²) in [6.07, 6.45) is 0. The Balaban J connectivity index is 3.09. The predicted octanol–water partition coefficient (Wildman–Crippen LogP) is 2.13. The molecule has 1 N–H and O–H groups in total. The van der Waals surface area contributed by atoms with Gasteiger partial charge in [0.2, 0.25) is 0 Å². The lowest BCUT2D eigenvalue weighted by Crippen LogP contribution is -2.11. The lowest BCUT2D eigenvalue weighted by Gasteiger charge is -2.13. The van der Waals surface area contributed by atoms with Gasteiger partial charge in [-0.05, 0) is 25.5 Å². The molecule has 60 valence electrons.